The molecule has 0 N–H and O–H groups in total. The van der Waals surface area contributed by atoms with E-state index in [1.54, 1.807) is 0 Å². The van der Waals surface area contributed by atoms with Crippen molar-refractivity contribution in [2.45, 2.75) is 0 Å². The second-order valence-electron chi connectivity index (χ2n) is 0. The van der Waals surface area contributed by atoms with E-state index in [9.17, 15) is 0 Å². The Morgan fingerprint density at radius 1 is 0.750 bits per heavy atom. The summed E-state index contributed by atoms with van der Waals surface area (Å²) >= 11 is 0. The Balaban J connectivity index is -0.00000000500. The van der Waals surface area contributed by atoms with Crippen LogP contribution in [0.15, 0.2) is 0 Å². The second-order valence-corrected chi connectivity index (χ2v) is 0. The first kappa shape index (κ1) is 25.6. The van der Waals surface area contributed by atoms with E-state index in [2.05, 4.69) is 12.8 Å². The first-order valence-corrected chi connectivity index (χ1v) is 0.333. The van der Waals surface area contributed by atoms with E-state index in [1.165, 1.54) is 0 Å². The van der Waals surface area contributed by atoms with Crippen LogP contribution in [-0.2, 0) is 0 Å². The molecule has 4 heavy (non-hydrogen) atoms. The van der Waals surface area contributed by atoms with Gasteiger partial charge in [-0.1, -0.05) is 0 Å². The van der Waals surface area contributed by atoms with E-state index < -0.39 is 0 Å². The molecule has 0 heterocycles. The molecule has 0 amide bonds. The van der Waals surface area contributed by atoms with Gasteiger partial charge in [0.15, 0.2) is 0 Å². The van der Waals surface area contributed by atoms with Crippen molar-refractivity contribution in [1.29, 1.82) is 0 Å². The molecule has 0 rings (SSSR count). The topological polar surface area (TPSA) is 0 Å². The van der Waals surface area contributed by atoms with Gasteiger partial charge in [-0.15, -0.1) is 12.8 Å². The van der Waals surface area contributed by atoms with Crippen molar-refractivity contribution in [2.24, 2.45) is 0 Å². The van der Waals surface area contributed by atoms with Crippen LogP contribution in [0.25, 0.3) is 0 Å². The van der Waals surface area contributed by atoms with Gasteiger partial charge in [0.25, 0.3) is 0 Å². The quantitative estimate of drug-likeness (QED) is 0.300. The van der Waals surface area contributed by atoms with E-state index in [1.807, 2.05) is 0 Å². The third-order valence-electron chi connectivity index (χ3n) is 0. The molecule has 0 aromatic carbocycles. The predicted molar refractivity (Wildman–Crippen MR) is 32.1 cm³/mol. The highest BCUT2D eigenvalue weighted by Crippen LogP contribution is 0.862. The van der Waals surface area contributed by atoms with Crippen molar-refractivity contribution in [2.75, 3.05) is 0 Å². The van der Waals surface area contributed by atoms with Crippen LogP contribution in [0.3, 0.4) is 0 Å². The average molecular weight is 94.0 g/mol. The fourth-order valence-electron chi connectivity index (χ4n) is 0. The zero-order valence-electron chi connectivity index (χ0n) is 2.57. The lowest BCUT2D eigenvalue weighted by Crippen LogP contribution is -0.576. The molecule has 0 aliphatic rings. The maximum absolute atomic E-state index is 4.00. The third-order valence-corrected chi connectivity index (χ3v) is 0. The highest BCUT2D eigenvalue weighted by atomic mass is 31.0. The monoisotopic (exact) mass is 94.0 g/mol. The molecule has 26 valence electrons. The molecular weight excluding hydrogens is 86.0 g/mol. The summed E-state index contributed by atoms with van der Waals surface area (Å²) in [7, 11) is 0. The third kappa shape index (κ3) is 27.7. The van der Waals surface area contributed by atoms with Gasteiger partial charge in [-0.05, 0) is 0 Å². The van der Waals surface area contributed by atoms with E-state index in [0.717, 1.165) is 0 Å². The standard InChI is InChI=1S/C2H2.2H3P/c1-2;;/h1-2H;2*1H3. The molecule has 2 unspecified atom stereocenters. The van der Waals surface area contributed by atoms with Gasteiger partial charge in [-0.25, -0.2) is 0 Å². The van der Waals surface area contributed by atoms with Gasteiger partial charge in [-0.3, -0.25) is 0 Å². The van der Waals surface area contributed by atoms with Gasteiger partial charge in [0.1, 0.15) is 0 Å². The van der Waals surface area contributed by atoms with E-state index in [4.69, 9.17) is 0 Å². The molecule has 2 atom stereocenters. The molecule has 0 bridgehead atoms. The minimum absolute atomic E-state index is 0. The summed E-state index contributed by atoms with van der Waals surface area (Å²) in [5, 5.41) is 0. The largest absolute Gasteiger partial charge is 0.153 e. The Kier molecular flexibility index (Phi) is 728. The molecular formula is C2H8P2. The van der Waals surface area contributed by atoms with Crippen molar-refractivity contribution in [3.63, 3.8) is 0 Å². The van der Waals surface area contributed by atoms with Crippen LogP contribution in [0.5, 0.6) is 0 Å². The minimum atomic E-state index is 0. The van der Waals surface area contributed by atoms with Crippen molar-refractivity contribution in [3.8, 4) is 12.8 Å². The van der Waals surface area contributed by atoms with Crippen molar-refractivity contribution in [3.05, 3.63) is 0 Å². The van der Waals surface area contributed by atoms with Crippen molar-refractivity contribution >= 4 is 19.8 Å². The van der Waals surface area contributed by atoms with Crippen molar-refractivity contribution in [1.82, 2.24) is 0 Å². The second kappa shape index (κ2) is 114. The summed E-state index contributed by atoms with van der Waals surface area (Å²) in [6.45, 7) is 0. The normalized spacial score (nSPS) is 0.500. The van der Waals surface area contributed by atoms with Crippen LogP contribution in [0.2, 0.25) is 0 Å². The Morgan fingerprint density at radius 3 is 0.750 bits per heavy atom. The molecule has 2 heteroatoms. The van der Waals surface area contributed by atoms with Crippen LogP contribution in [0, 0.1) is 12.8 Å². The Hall–Kier alpha value is 0.420. The number of hydrogen-bond acceptors (Lipinski definition) is 0. The van der Waals surface area contributed by atoms with Crippen LogP contribution >= 0.6 is 19.8 Å². The predicted octanol–water partition coefficient (Wildman–Crippen LogP) is 0.366. The SMILES string of the molecule is C#C.P.P. The summed E-state index contributed by atoms with van der Waals surface area (Å²) in [6, 6.07) is 0. The summed E-state index contributed by atoms with van der Waals surface area (Å²) in [5.41, 5.74) is 0. The molecule has 0 fully saturated rings. The lowest BCUT2D eigenvalue weighted by molar-refractivity contribution is 3.31. The van der Waals surface area contributed by atoms with Gasteiger partial charge in [0, 0.05) is 0 Å². The molecule has 0 saturated heterocycles. The Bertz CT molecular complexity index is 8.75. The fraction of sp³-hybridized carbons (Fsp3) is 0. The summed E-state index contributed by atoms with van der Waals surface area (Å²) in [4.78, 5) is 0. The Labute approximate surface area is 33.6 Å². The number of hydrogen-bond donors (Lipinski definition) is 0. The van der Waals surface area contributed by atoms with Crippen LogP contribution in [0.1, 0.15) is 0 Å². The maximum atomic E-state index is 4.00. The van der Waals surface area contributed by atoms with Gasteiger partial charge in [-0.2, -0.15) is 19.8 Å². The molecule has 0 saturated carbocycles. The highest BCUT2D eigenvalue weighted by molar-refractivity contribution is 6.92. The molecule has 0 aromatic heterocycles. The highest BCUT2D eigenvalue weighted by Gasteiger charge is 0.454. The summed E-state index contributed by atoms with van der Waals surface area (Å²) in [6.07, 6.45) is 8.00. The number of rotatable bonds is 0. The Morgan fingerprint density at radius 2 is 0.750 bits per heavy atom. The summed E-state index contributed by atoms with van der Waals surface area (Å²) < 4.78 is 0. The van der Waals surface area contributed by atoms with Crippen LogP contribution in [0.4, 0.5) is 0 Å². The van der Waals surface area contributed by atoms with E-state index in [-0.39, 0.29) is 19.8 Å². The lowest BCUT2D eigenvalue weighted by atomic mass is 11.4. The molecule has 0 radical (unpaired) electrons. The van der Waals surface area contributed by atoms with Crippen molar-refractivity contribution < 1.29 is 0 Å². The minimum Gasteiger partial charge on any atom is -0.153 e. The first-order chi connectivity index (χ1) is 1.00. The van der Waals surface area contributed by atoms with Gasteiger partial charge in [0.05, 0.1) is 0 Å². The fourth-order valence-corrected chi connectivity index (χ4v) is 0. The molecule has 0 aromatic rings. The summed E-state index contributed by atoms with van der Waals surface area (Å²) in [5.74, 6) is 0. The van der Waals surface area contributed by atoms with Crippen LogP contribution < -0.4 is 0 Å². The molecule has 0 nitrogen and oxygen atoms in total. The number of terminal acetylenes is 1. The molecule has 0 spiro atoms. The van der Waals surface area contributed by atoms with Gasteiger partial charge >= 0.3 is 0 Å². The lowest BCUT2D eigenvalue weighted by Gasteiger charge is -0.701. The van der Waals surface area contributed by atoms with E-state index >= 15 is 0 Å². The smallest absolute Gasteiger partial charge is 0.124 e. The average Bonchev–Trinajstić information content (AvgIpc) is 1.00. The van der Waals surface area contributed by atoms with Crippen LogP contribution in [-0.4, -0.2) is 0 Å². The molecule has 0 aliphatic carbocycles. The maximum Gasteiger partial charge on any atom is -0.124 e. The van der Waals surface area contributed by atoms with Gasteiger partial charge in [0.2, 0.25) is 0 Å². The zero-order chi connectivity index (χ0) is 2.00. The van der Waals surface area contributed by atoms with E-state index in [0.29, 0.717) is 0 Å². The molecule has 0 aliphatic heterocycles. The zero-order valence-corrected chi connectivity index (χ0v) is 5.40. The first-order valence-electron chi connectivity index (χ1n) is 0.333. The van der Waals surface area contributed by atoms with Gasteiger partial charge < -0.3 is 0 Å².